The first kappa shape index (κ1) is 23.8. The van der Waals surface area contributed by atoms with Crippen molar-refractivity contribution in [3.05, 3.63) is 0 Å². The molecule has 0 saturated carbocycles. The van der Waals surface area contributed by atoms with Crippen LogP contribution in [0.1, 0.15) is 58.3 Å². The number of aliphatic hydroxyl groups is 4. The Morgan fingerprint density at radius 3 is 2.04 bits per heavy atom. The lowest BCUT2D eigenvalue weighted by Gasteiger charge is -2.20. The van der Waals surface area contributed by atoms with E-state index in [1.54, 1.807) is 0 Å². The Hall–Kier alpha value is -1.22. The Morgan fingerprint density at radius 2 is 1.44 bits per heavy atom. The quantitative estimate of drug-likeness (QED) is 0.216. The highest BCUT2D eigenvalue weighted by atomic mass is 16.4. The highest BCUT2D eigenvalue weighted by Gasteiger charge is 2.29. The maximum Gasteiger partial charge on any atom is 0.251 e. The van der Waals surface area contributed by atoms with E-state index in [1.165, 1.54) is 25.7 Å². The number of unbranched alkanes of at least 4 members (excludes halogenated alkanes) is 6. The molecular weight excluding hydrogens is 328 g/mol. The molecule has 6 N–H and O–H groups in total. The van der Waals surface area contributed by atoms with Gasteiger partial charge in [-0.05, 0) is 6.42 Å². The third-order valence-corrected chi connectivity index (χ3v) is 3.93. The van der Waals surface area contributed by atoms with Crippen LogP contribution in [0.3, 0.4) is 0 Å². The van der Waals surface area contributed by atoms with Crippen molar-refractivity contribution in [1.82, 2.24) is 10.6 Å². The highest BCUT2D eigenvalue weighted by Crippen LogP contribution is 2.08. The summed E-state index contributed by atoms with van der Waals surface area (Å²) in [5.41, 5.74) is 0. The minimum absolute atomic E-state index is 0.0842. The van der Waals surface area contributed by atoms with E-state index in [1.807, 2.05) is 0 Å². The highest BCUT2D eigenvalue weighted by molar-refractivity contribution is 5.81. The van der Waals surface area contributed by atoms with E-state index in [0.29, 0.717) is 6.42 Å². The van der Waals surface area contributed by atoms with Crippen LogP contribution in [0.2, 0.25) is 0 Å². The van der Waals surface area contributed by atoms with Crippen molar-refractivity contribution in [3.8, 4) is 0 Å². The van der Waals surface area contributed by atoms with Crippen LogP contribution >= 0.6 is 0 Å². The third kappa shape index (κ3) is 11.9. The molecule has 0 aliphatic rings. The molecule has 0 saturated heterocycles. The Labute approximate surface area is 149 Å². The van der Waals surface area contributed by atoms with Gasteiger partial charge in [-0.25, -0.2) is 0 Å². The summed E-state index contributed by atoms with van der Waals surface area (Å²) in [6.45, 7) is 1.72. The summed E-state index contributed by atoms with van der Waals surface area (Å²) in [4.78, 5) is 23.2. The molecule has 8 nitrogen and oxygen atoms in total. The molecule has 0 unspecified atom stereocenters. The zero-order valence-corrected chi connectivity index (χ0v) is 15.1. The molecule has 0 aliphatic heterocycles. The number of carbonyl (C=O) groups is 2. The smallest absolute Gasteiger partial charge is 0.251 e. The Bertz CT molecular complexity index is 367. The predicted molar refractivity (Wildman–Crippen MR) is 93.7 cm³/mol. The molecule has 0 spiro atoms. The van der Waals surface area contributed by atoms with Gasteiger partial charge in [0.15, 0.2) is 6.10 Å². The molecule has 2 amide bonds. The number of nitrogens with one attached hydrogen (secondary N) is 2. The van der Waals surface area contributed by atoms with E-state index in [4.69, 9.17) is 10.2 Å². The average molecular weight is 362 g/mol. The van der Waals surface area contributed by atoms with E-state index in [2.05, 4.69) is 17.6 Å². The maximum atomic E-state index is 11.6. The lowest BCUT2D eigenvalue weighted by atomic mass is 10.1. The number of hydrogen-bond acceptors (Lipinski definition) is 6. The van der Waals surface area contributed by atoms with Crippen LogP contribution in [0.4, 0.5) is 0 Å². The molecule has 0 aromatic carbocycles. The lowest BCUT2D eigenvalue weighted by Crippen LogP contribution is -2.49. The van der Waals surface area contributed by atoms with Gasteiger partial charge >= 0.3 is 0 Å². The number of hydrogen-bond donors (Lipinski definition) is 6. The monoisotopic (exact) mass is 362 g/mol. The Kier molecular flexibility index (Phi) is 14.3. The Balaban J connectivity index is 3.66. The fourth-order valence-electron chi connectivity index (χ4n) is 2.30. The molecule has 8 heteroatoms. The molecule has 0 rings (SSSR count). The predicted octanol–water partition coefficient (Wildman–Crippen LogP) is -0.565. The second-order valence-electron chi connectivity index (χ2n) is 6.20. The van der Waals surface area contributed by atoms with Gasteiger partial charge in [0.05, 0.1) is 6.61 Å². The normalized spacial score (nSPS) is 14.6. The van der Waals surface area contributed by atoms with Crippen LogP contribution in [0.25, 0.3) is 0 Å². The summed E-state index contributed by atoms with van der Waals surface area (Å²) in [6, 6.07) is 0. The Morgan fingerprint density at radius 1 is 0.880 bits per heavy atom. The number of rotatable bonds is 15. The van der Waals surface area contributed by atoms with Crippen molar-refractivity contribution in [3.63, 3.8) is 0 Å². The maximum absolute atomic E-state index is 11.6. The molecule has 0 aliphatic carbocycles. The van der Waals surface area contributed by atoms with Crippen molar-refractivity contribution < 1.29 is 30.0 Å². The van der Waals surface area contributed by atoms with Crippen LogP contribution in [0.5, 0.6) is 0 Å². The van der Waals surface area contributed by atoms with Gasteiger partial charge < -0.3 is 31.1 Å². The molecule has 0 bridgehead atoms. The van der Waals surface area contributed by atoms with E-state index >= 15 is 0 Å². The van der Waals surface area contributed by atoms with E-state index in [-0.39, 0.29) is 19.0 Å². The van der Waals surface area contributed by atoms with Crippen LogP contribution in [-0.4, -0.2) is 70.2 Å². The fraction of sp³-hybridized carbons (Fsp3) is 0.882. The molecule has 0 aromatic rings. The van der Waals surface area contributed by atoms with Gasteiger partial charge in [-0.3, -0.25) is 9.59 Å². The van der Waals surface area contributed by atoms with Gasteiger partial charge in [0, 0.05) is 19.5 Å². The van der Waals surface area contributed by atoms with Gasteiger partial charge in [0.2, 0.25) is 5.91 Å². The number of carbonyl (C=O) groups excluding carboxylic acids is 2. The first-order valence-electron chi connectivity index (χ1n) is 9.13. The van der Waals surface area contributed by atoms with Crippen LogP contribution in [0, 0.1) is 0 Å². The second kappa shape index (κ2) is 15.1. The van der Waals surface area contributed by atoms with Crippen LogP contribution in [-0.2, 0) is 9.59 Å². The minimum Gasteiger partial charge on any atom is -0.394 e. The number of amides is 2. The van der Waals surface area contributed by atoms with Crippen molar-refractivity contribution in [2.75, 3.05) is 19.7 Å². The largest absolute Gasteiger partial charge is 0.394 e. The zero-order valence-electron chi connectivity index (χ0n) is 15.1. The van der Waals surface area contributed by atoms with Gasteiger partial charge in [0.1, 0.15) is 12.2 Å². The van der Waals surface area contributed by atoms with E-state index in [9.17, 15) is 19.8 Å². The molecule has 0 radical (unpaired) electrons. The summed E-state index contributed by atoms with van der Waals surface area (Å²) in [7, 11) is 0. The van der Waals surface area contributed by atoms with Crippen LogP contribution < -0.4 is 10.6 Å². The molecule has 0 fully saturated rings. The first-order chi connectivity index (χ1) is 11.9. The lowest BCUT2D eigenvalue weighted by molar-refractivity contribution is -0.142. The summed E-state index contributed by atoms with van der Waals surface area (Å²) in [6.07, 6.45) is 3.20. The van der Waals surface area contributed by atoms with Gasteiger partial charge in [0.25, 0.3) is 5.91 Å². The van der Waals surface area contributed by atoms with Gasteiger partial charge in [-0.2, -0.15) is 0 Å². The van der Waals surface area contributed by atoms with Gasteiger partial charge in [-0.1, -0.05) is 45.4 Å². The standard InChI is InChI=1S/C17H34N2O6/c1-2-3-4-5-6-7-8-9-14(22)18-10-11-19-17(25)16(24)15(23)13(21)12-20/h13,15-16,20-21,23-24H,2-12H2,1H3,(H,18,22)(H,19,25)/t13-,15-,16-/m1/s1. The molecule has 0 aromatic heterocycles. The summed E-state index contributed by atoms with van der Waals surface area (Å²) >= 11 is 0. The van der Waals surface area contributed by atoms with Crippen molar-refractivity contribution >= 4 is 11.8 Å². The molecule has 25 heavy (non-hydrogen) atoms. The van der Waals surface area contributed by atoms with Gasteiger partial charge in [-0.15, -0.1) is 0 Å². The fourth-order valence-corrected chi connectivity index (χ4v) is 2.30. The van der Waals surface area contributed by atoms with Crippen molar-refractivity contribution in [1.29, 1.82) is 0 Å². The first-order valence-corrected chi connectivity index (χ1v) is 9.13. The minimum atomic E-state index is -1.84. The van der Waals surface area contributed by atoms with Crippen molar-refractivity contribution in [2.45, 2.75) is 76.6 Å². The zero-order chi connectivity index (χ0) is 19.1. The van der Waals surface area contributed by atoms with Crippen molar-refractivity contribution in [2.24, 2.45) is 0 Å². The topological polar surface area (TPSA) is 139 Å². The third-order valence-electron chi connectivity index (χ3n) is 3.93. The molecule has 3 atom stereocenters. The summed E-state index contributed by atoms with van der Waals surface area (Å²) < 4.78 is 0. The summed E-state index contributed by atoms with van der Waals surface area (Å²) in [5.74, 6) is -0.958. The van der Waals surface area contributed by atoms with E-state index < -0.39 is 30.8 Å². The van der Waals surface area contributed by atoms with E-state index in [0.717, 1.165) is 19.3 Å². The summed E-state index contributed by atoms with van der Waals surface area (Å²) in [5, 5.41) is 41.7. The average Bonchev–Trinajstić information content (AvgIpc) is 2.62. The number of aliphatic hydroxyl groups excluding tert-OH is 4. The second-order valence-corrected chi connectivity index (χ2v) is 6.20. The SMILES string of the molecule is CCCCCCCCCC(=O)NCCNC(=O)[C@H](O)[C@H](O)[C@H](O)CO. The molecule has 0 heterocycles. The van der Waals surface area contributed by atoms with Crippen LogP contribution in [0.15, 0.2) is 0 Å². The molecular formula is C17H34N2O6. The molecule has 148 valence electrons.